The lowest BCUT2D eigenvalue weighted by molar-refractivity contribution is 0.159. The molecule has 0 radical (unpaired) electrons. The van der Waals surface area contributed by atoms with Crippen molar-refractivity contribution in [2.75, 3.05) is 13.1 Å². The summed E-state index contributed by atoms with van der Waals surface area (Å²) >= 11 is 0. The van der Waals surface area contributed by atoms with Gasteiger partial charge in [0.25, 0.3) is 0 Å². The topological polar surface area (TPSA) is 90.9 Å². The number of amidine groups is 1. The van der Waals surface area contributed by atoms with Crippen LogP contribution in [0.15, 0.2) is 5.16 Å². The molecule has 0 bridgehead atoms. The molecule has 5 N–H and O–H groups in total. The summed E-state index contributed by atoms with van der Waals surface area (Å²) in [6.45, 7) is 3.69. The highest BCUT2D eigenvalue weighted by Crippen LogP contribution is 2.48. The van der Waals surface area contributed by atoms with Gasteiger partial charge in [-0.05, 0) is 37.6 Å². The molecule has 1 atom stereocenters. The molecule has 0 aromatic rings. The van der Waals surface area contributed by atoms with Gasteiger partial charge in [-0.15, -0.1) is 0 Å². The van der Waals surface area contributed by atoms with Gasteiger partial charge in [0.1, 0.15) is 5.84 Å². The predicted octanol–water partition coefficient (Wildman–Crippen LogP) is 0.654. The molecule has 0 spiro atoms. The number of rotatable bonds is 8. The van der Waals surface area contributed by atoms with Crippen LogP contribution in [-0.4, -0.2) is 35.3 Å². The van der Waals surface area contributed by atoms with Crippen LogP contribution in [0.2, 0.25) is 0 Å². The van der Waals surface area contributed by atoms with E-state index >= 15 is 0 Å². The Labute approximate surface area is 96.7 Å². The Morgan fingerprint density at radius 1 is 1.56 bits per heavy atom. The smallest absolute Gasteiger partial charge is 0.139 e. The van der Waals surface area contributed by atoms with Gasteiger partial charge in [0.05, 0.1) is 6.10 Å². The number of nitrogens with one attached hydrogen (secondary N) is 1. The van der Waals surface area contributed by atoms with E-state index in [2.05, 4.69) is 10.5 Å². The molecule has 5 heteroatoms. The van der Waals surface area contributed by atoms with E-state index in [0.717, 1.165) is 38.8 Å². The second kappa shape index (κ2) is 6.06. The molecule has 1 unspecified atom stereocenters. The van der Waals surface area contributed by atoms with E-state index in [1.165, 1.54) is 0 Å². The second-order valence-electron chi connectivity index (χ2n) is 4.80. The van der Waals surface area contributed by atoms with Gasteiger partial charge in [0, 0.05) is 13.0 Å². The number of aliphatic hydroxyl groups excluding tert-OH is 1. The van der Waals surface area contributed by atoms with Crippen LogP contribution in [0.5, 0.6) is 0 Å². The van der Waals surface area contributed by atoms with E-state index in [1.54, 1.807) is 0 Å². The summed E-state index contributed by atoms with van der Waals surface area (Å²) in [7, 11) is 0. The molecule has 1 aliphatic rings. The molecule has 1 saturated carbocycles. The summed E-state index contributed by atoms with van der Waals surface area (Å²) < 4.78 is 0. The number of oxime groups is 1. The minimum absolute atomic E-state index is 0.202. The van der Waals surface area contributed by atoms with Gasteiger partial charge in [-0.3, -0.25) is 0 Å². The van der Waals surface area contributed by atoms with E-state index in [9.17, 15) is 5.11 Å². The first-order valence-corrected chi connectivity index (χ1v) is 5.97. The Morgan fingerprint density at radius 2 is 2.25 bits per heavy atom. The monoisotopic (exact) mass is 229 g/mol. The van der Waals surface area contributed by atoms with Crippen LogP contribution >= 0.6 is 0 Å². The Hall–Kier alpha value is -0.810. The minimum atomic E-state index is -0.202. The summed E-state index contributed by atoms with van der Waals surface area (Å²) in [6, 6.07) is 0. The Morgan fingerprint density at radius 3 is 2.75 bits per heavy atom. The quantitative estimate of drug-likeness (QED) is 0.162. The van der Waals surface area contributed by atoms with Gasteiger partial charge in [0.15, 0.2) is 0 Å². The number of nitrogens with zero attached hydrogens (tertiary/aromatic N) is 1. The standard InChI is InChI=1S/C11H23N3O2/c1-2-9(15)3-6-13-8-11(4-5-11)7-10(12)14-16/h9,13,15-16H,2-8H2,1H3,(H2,12,14). The lowest BCUT2D eigenvalue weighted by atomic mass is 10.0. The van der Waals surface area contributed by atoms with Crippen molar-refractivity contribution in [3.8, 4) is 0 Å². The maximum atomic E-state index is 9.37. The highest BCUT2D eigenvalue weighted by Gasteiger charge is 2.42. The molecule has 0 aromatic heterocycles. The van der Waals surface area contributed by atoms with Crippen LogP contribution in [0.25, 0.3) is 0 Å². The molecule has 1 rings (SSSR count). The first kappa shape index (κ1) is 13.3. The number of aliphatic hydroxyl groups is 1. The van der Waals surface area contributed by atoms with Crippen LogP contribution in [0.1, 0.15) is 39.0 Å². The van der Waals surface area contributed by atoms with Crippen LogP contribution in [0.4, 0.5) is 0 Å². The molecule has 16 heavy (non-hydrogen) atoms. The summed E-state index contributed by atoms with van der Waals surface area (Å²) in [5.74, 6) is 0.313. The summed E-state index contributed by atoms with van der Waals surface area (Å²) in [5.41, 5.74) is 5.71. The van der Waals surface area contributed by atoms with Crippen LogP contribution in [0, 0.1) is 5.41 Å². The zero-order valence-electron chi connectivity index (χ0n) is 9.95. The molecule has 0 amide bonds. The lowest BCUT2D eigenvalue weighted by Crippen LogP contribution is -2.30. The van der Waals surface area contributed by atoms with Crippen LogP contribution in [0.3, 0.4) is 0 Å². The number of hydrogen-bond acceptors (Lipinski definition) is 4. The van der Waals surface area contributed by atoms with Gasteiger partial charge >= 0.3 is 0 Å². The van der Waals surface area contributed by atoms with Crippen LogP contribution < -0.4 is 11.1 Å². The zero-order valence-corrected chi connectivity index (χ0v) is 9.95. The van der Waals surface area contributed by atoms with Crippen molar-refractivity contribution in [2.24, 2.45) is 16.3 Å². The number of nitrogens with two attached hydrogens (primary N) is 1. The van der Waals surface area contributed by atoms with Crippen molar-refractivity contribution >= 4 is 5.84 Å². The third-order valence-electron chi connectivity index (χ3n) is 3.27. The fourth-order valence-corrected chi connectivity index (χ4v) is 1.84. The molecule has 0 aromatic carbocycles. The third kappa shape index (κ3) is 4.37. The molecule has 0 aliphatic heterocycles. The average Bonchev–Trinajstić information content (AvgIpc) is 3.04. The normalized spacial score (nSPS) is 20.8. The highest BCUT2D eigenvalue weighted by atomic mass is 16.4. The van der Waals surface area contributed by atoms with Crippen molar-refractivity contribution in [3.05, 3.63) is 0 Å². The molecule has 94 valence electrons. The van der Waals surface area contributed by atoms with Crippen molar-refractivity contribution in [1.29, 1.82) is 0 Å². The Balaban J connectivity index is 2.13. The van der Waals surface area contributed by atoms with Crippen molar-refractivity contribution in [1.82, 2.24) is 5.32 Å². The molecular formula is C11H23N3O2. The fraction of sp³-hybridized carbons (Fsp3) is 0.909. The maximum absolute atomic E-state index is 9.37. The van der Waals surface area contributed by atoms with Gasteiger partial charge in [-0.2, -0.15) is 0 Å². The Bertz CT molecular complexity index is 239. The van der Waals surface area contributed by atoms with Crippen molar-refractivity contribution in [3.63, 3.8) is 0 Å². The predicted molar refractivity (Wildman–Crippen MR) is 63.5 cm³/mol. The summed E-state index contributed by atoms with van der Waals surface area (Å²) in [6.07, 6.45) is 4.31. The third-order valence-corrected chi connectivity index (χ3v) is 3.27. The summed E-state index contributed by atoms with van der Waals surface area (Å²) in [4.78, 5) is 0. The molecular weight excluding hydrogens is 206 g/mol. The molecule has 5 nitrogen and oxygen atoms in total. The first-order valence-electron chi connectivity index (χ1n) is 5.97. The second-order valence-corrected chi connectivity index (χ2v) is 4.80. The average molecular weight is 229 g/mol. The van der Waals surface area contributed by atoms with Crippen molar-refractivity contribution < 1.29 is 10.3 Å². The van der Waals surface area contributed by atoms with Gasteiger partial charge < -0.3 is 21.4 Å². The SMILES string of the molecule is CCC(O)CCNCC1(CC(N)=NO)CC1. The first-order chi connectivity index (χ1) is 7.62. The van der Waals surface area contributed by atoms with Gasteiger partial charge in [-0.1, -0.05) is 12.1 Å². The zero-order chi connectivity index (χ0) is 12.0. The van der Waals surface area contributed by atoms with Crippen molar-refractivity contribution in [2.45, 2.75) is 45.1 Å². The molecule has 0 heterocycles. The Kier molecular flexibility index (Phi) is 5.02. The maximum Gasteiger partial charge on any atom is 0.139 e. The minimum Gasteiger partial charge on any atom is -0.409 e. The van der Waals surface area contributed by atoms with Gasteiger partial charge in [0.2, 0.25) is 0 Å². The van der Waals surface area contributed by atoms with Crippen LogP contribution in [-0.2, 0) is 0 Å². The van der Waals surface area contributed by atoms with E-state index in [1.807, 2.05) is 6.92 Å². The highest BCUT2D eigenvalue weighted by molar-refractivity contribution is 5.80. The van der Waals surface area contributed by atoms with Gasteiger partial charge in [-0.25, -0.2) is 0 Å². The molecule has 1 fully saturated rings. The lowest BCUT2D eigenvalue weighted by Gasteiger charge is -2.15. The van der Waals surface area contributed by atoms with E-state index < -0.39 is 0 Å². The molecule has 1 aliphatic carbocycles. The summed E-state index contributed by atoms with van der Waals surface area (Å²) in [5, 5.41) is 24.2. The molecule has 0 saturated heterocycles. The number of hydrogen-bond donors (Lipinski definition) is 4. The van der Waals surface area contributed by atoms with E-state index in [-0.39, 0.29) is 11.5 Å². The van der Waals surface area contributed by atoms with E-state index in [4.69, 9.17) is 10.9 Å². The van der Waals surface area contributed by atoms with E-state index in [0.29, 0.717) is 12.3 Å². The fourth-order valence-electron chi connectivity index (χ4n) is 1.84. The largest absolute Gasteiger partial charge is 0.409 e.